The molecule has 10 heteroatoms. The van der Waals surface area contributed by atoms with Crippen molar-refractivity contribution in [3.63, 3.8) is 0 Å². The molecule has 5 rings (SSSR count). The predicted octanol–water partition coefficient (Wildman–Crippen LogP) is 5.79. The zero-order valence-corrected chi connectivity index (χ0v) is 22.4. The molecule has 0 aliphatic heterocycles. The molecule has 39 heavy (non-hydrogen) atoms. The van der Waals surface area contributed by atoms with E-state index in [0.717, 1.165) is 25.1 Å². The Bertz CT molecular complexity index is 1440. The second kappa shape index (κ2) is 14.3. The highest BCUT2D eigenvalue weighted by Gasteiger charge is 2.10. The number of rotatable bonds is 9. The Kier molecular flexibility index (Phi) is 10.1. The van der Waals surface area contributed by atoms with Crippen LogP contribution in [-0.4, -0.2) is 50.7 Å². The summed E-state index contributed by atoms with van der Waals surface area (Å²) in [6, 6.07) is 21.6. The predicted molar refractivity (Wildman–Crippen MR) is 152 cm³/mol. The first-order valence-electron chi connectivity index (χ1n) is 12.3. The van der Waals surface area contributed by atoms with Crippen molar-refractivity contribution in [1.29, 1.82) is 0 Å². The largest absolute Gasteiger partial charge is 0.492 e. The van der Waals surface area contributed by atoms with Crippen molar-refractivity contribution in [1.82, 2.24) is 29.9 Å². The van der Waals surface area contributed by atoms with Crippen LogP contribution in [0.2, 0.25) is 5.15 Å². The minimum atomic E-state index is 0.285. The van der Waals surface area contributed by atoms with Gasteiger partial charge in [0.2, 0.25) is 0 Å². The fourth-order valence-corrected chi connectivity index (χ4v) is 3.72. The van der Waals surface area contributed by atoms with Crippen molar-refractivity contribution >= 4 is 17.4 Å². The monoisotopic (exact) mass is 541 g/mol. The Morgan fingerprint density at radius 2 is 1.28 bits per heavy atom. The summed E-state index contributed by atoms with van der Waals surface area (Å²) >= 11 is 5.88. The number of aryl methyl sites for hydroxylation is 1. The highest BCUT2D eigenvalue weighted by Crippen LogP contribution is 2.24. The third kappa shape index (κ3) is 7.93. The molecule has 0 spiro atoms. The van der Waals surface area contributed by atoms with E-state index in [0.29, 0.717) is 34.7 Å². The molecule has 0 aliphatic rings. The number of methoxy groups -OCH3 is 2. The second-order valence-corrected chi connectivity index (χ2v) is 8.47. The maximum Gasteiger partial charge on any atom is 0.180 e. The lowest BCUT2D eigenvalue weighted by Gasteiger charge is -2.11. The zero-order chi connectivity index (χ0) is 27.3. The van der Waals surface area contributed by atoms with Gasteiger partial charge in [-0.15, -0.1) is 0 Å². The third-order valence-corrected chi connectivity index (χ3v) is 5.74. The van der Waals surface area contributed by atoms with Crippen LogP contribution < -0.4 is 14.8 Å². The van der Waals surface area contributed by atoms with Crippen LogP contribution in [0.25, 0.3) is 23.0 Å². The molecule has 0 saturated heterocycles. The molecule has 0 bridgehead atoms. The first-order chi connectivity index (χ1) is 19.2. The van der Waals surface area contributed by atoms with Gasteiger partial charge in [0.1, 0.15) is 11.4 Å². The summed E-state index contributed by atoms with van der Waals surface area (Å²) in [7, 11) is 3.14. The molecule has 0 aliphatic carbocycles. The number of halogens is 1. The van der Waals surface area contributed by atoms with Gasteiger partial charge in [-0.25, -0.2) is 19.9 Å². The van der Waals surface area contributed by atoms with E-state index in [4.69, 9.17) is 21.1 Å². The summed E-state index contributed by atoms with van der Waals surface area (Å²) in [6.07, 6.45) is 8.65. The van der Waals surface area contributed by atoms with E-state index in [1.54, 1.807) is 25.7 Å². The lowest BCUT2D eigenvalue weighted by Crippen LogP contribution is -2.07. The Morgan fingerprint density at radius 1 is 0.692 bits per heavy atom. The van der Waals surface area contributed by atoms with Crippen LogP contribution in [0.15, 0.2) is 91.5 Å². The Balaban J connectivity index is 0.000000202. The van der Waals surface area contributed by atoms with E-state index in [-0.39, 0.29) is 5.15 Å². The van der Waals surface area contributed by atoms with Crippen molar-refractivity contribution in [3.8, 4) is 34.5 Å². The maximum atomic E-state index is 5.88. The lowest BCUT2D eigenvalue weighted by atomic mass is 10.1. The van der Waals surface area contributed by atoms with Crippen LogP contribution in [-0.2, 0) is 6.42 Å². The summed E-state index contributed by atoms with van der Waals surface area (Å²) in [5, 5.41) is 3.63. The lowest BCUT2D eigenvalue weighted by molar-refractivity contribution is 0.411. The number of hydrogen-bond acceptors (Lipinski definition) is 9. The zero-order valence-electron chi connectivity index (χ0n) is 21.7. The molecule has 0 amide bonds. The topological polar surface area (TPSA) is 108 Å². The number of nitrogens with zero attached hydrogens (tertiary/aromatic N) is 6. The van der Waals surface area contributed by atoms with E-state index >= 15 is 0 Å². The standard InChI is InChI=1S/C19H20N4O.C10H8ClN3O/c1-24-17-14-22-18(16-11-5-6-12-20-16)23-19(17)21-13-7-10-15-8-3-2-4-9-15;1-15-8-6-13-10(14-9(8)11)7-4-2-3-5-12-7/h2-6,8-9,11-12,14H,7,10,13H2,1H3,(H,21,22,23);2-6H,1H3. The molecule has 0 fully saturated rings. The van der Waals surface area contributed by atoms with Gasteiger partial charge in [0.05, 0.1) is 26.6 Å². The number of hydrogen-bond donors (Lipinski definition) is 1. The van der Waals surface area contributed by atoms with Crippen LogP contribution in [0.5, 0.6) is 11.5 Å². The molecule has 0 atom stereocenters. The van der Waals surface area contributed by atoms with Gasteiger partial charge in [-0.3, -0.25) is 9.97 Å². The molecule has 0 saturated carbocycles. The fourth-order valence-electron chi connectivity index (χ4n) is 3.51. The number of anilines is 1. The summed E-state index contributed by atoms with van der Waals surface area (Å²) in [5.74, 6) is 2.86. The van der Waals surface area contributed by atoms with Gasteiger partial charge in [0, 0.05) is 18.9 Å². The summed E-state index contributed by atoms with van der Waals surface area (Å²) in [4.78, 5) is 25.5. The molecule has 4 heterocycles. The van der Waals surface area contributed by atoms with E-state index in [1.807, 2.05) is 42.5 Å². The van der Waals surface area contributed by atoms with Gasteiger partial charge in [-0.2, -0.15) is 0 Å². The van der Waals surface area contributed by atoms with Gasteiger partial charge in [0.25, 0.3) is 0 Å². The van der Waals surface area contributed by atoms with Crippen molar-refractivity contribution in [2.24, 2.45) is 0 Å². The van der Waals surface area contributed by atoms with Crippen molar-refractivity contribution < 1.29 is 9.47 Å². The minimum Gasteiger partial charge on any atom is -0.492 e. The van der Waals surface area contributed by atoms with Crippen LogP contribution in [0, 0.1) is 0 Å². The molecule has 1 aromatic carbocycles. The average Bonchev–Trinajstić information content (AvgIpc) is 3.01. The van der Waals surface area contributed by atoms with Crippen molar-refractivity contribution in [2.45, 2.75) is 12.8 Å². The molecule has 198 valence electrons. The quantitative estimate of drug-likeness (QED) is 0.183. The molecular weight excluding hydrogens is 514 g/mol. The number of ether oxygens (including phenoxy) is 2. The van der Waals surface area contributed by atoms with E-state index in [2.05, 4.69) is 59.5 Å². The third-order valence-electron chi connectivity index (χ3n) is 5.47. The summed E-state index contributed by atoms with van der Waals surface area (Å²) in [6.45, 7) is 0.809. The maximum absolute atomic E-state index is 5.88. The van der Waals surface area contributed by atoms with Crippen LogP contribution in [0.3, 0.4) is 0 Å². The number of benzene rings is 1. The summed E-state index contributed by atoms with van der Waals surface area (Å²) in [5.41, 5.74) is 2.76. The van der Waals surface area contributed by atoms with Crippen LogP contribution >= 0.6 is 11.6 Å². The summed E-state index contributed by atoms with van der Waals surface area (Å²) < 4.78 is 10.3. The minimum absolute atomic E-state index is 0.285. The second-order valence-electron chi connectivity index (χ2n) is 8.11. The van der Waals surface area contributed by atoms with Gasteiger partial charge >= 0.3 is 0 Å². The highest BCUT2D eigenvalue weighted by atomic mass is 35.5. The number of aromatic nitrogens is 6. The molecule has 4 aromatic heterocycles. The smallest absolute Gasteiger partial charge is 0.180 e. The van der Waals surface area contributed by atoms with Gasteiger partial charge in [-0.05, 0) is 42.7 Å². The van der Waals surface area contributed by atoms with Gasteiger partial charge < -0.3 is 14.8 Å². The Morgan fingerprint density at radius 3 is 1.85 bits per heavy atom. The molecule has 5 aromatic rings. The molecule has 0 unspecified atom stereocenters. The van der Waals surface area contributed by atoms with E-state index < -0.39 is 0 Å². The van der Waals surface area contributed by atoms with E-state index in [1.165, 1.54) is 18.9 Å². The Hall–Kier alpha value is -4.63. The molecule has 9 nitrogen and oxygen atoms in total. The van der Waals surface area contributed by atoms with Gasteiger partial charge in [-0.1, -0.05) is 54.1 Å². The molecular formula is C29H28ClN7O2. The fraction of sp³-hybridized carbons (Fsp3) is 0.172. The number of pyridine rings is 2. The van der Waals surface area contributed by atoms with Crippen molar-refractivity contribution in [3.05, 3.63) is 102 Å². The first-order valence-corrected chi connectivity index (χ1v) is 12.6. The highest BCUT2D eigenvalue weighted by molar-refractivity contribution is 6.30. The first kappa shape index (κ1) is 27.4. The number of nitrogens with one attached hydrogen (secondary N) is 1. The van der Waals surface area contributed by atoms with Crippen LogP contribution in [0.1, 0.15) is 12.0 Å². The average molecular weight is 542 g/mol. The Labute approximate surface area is 232 Å². The van der Waals surface area contributed by atoms with E-state index in [9.17, 15) is 0 Å². The van der Waals surface area contributed by atoms with Crippen LogP contribution in [0.4, 0.5) is 5.82 Å². The SMILES string of the molecule is COc1cnc(-c2ccccn2)nc1Cl.COc1cnc(-c2ccccn2)nc1NCCCc1ccccc1. The normalized spacial score (nSPS) is 10.2. The molecule has 0 radical (unpaired) electrons. The molecule has 1 N–H and O–H groups in total. The van der Waals surface area contributed by atoms with Crippen molar-refractivity contribution in [2.75, 3.05) is 26.1 Å². The van der Waals surface area contributed by atoms with Gasteiger partial charge in [0.15, 0.2) is 34.1 Å².